The highest BCUT2D eigenvalue weighted by atomic mass is 32.1. The fraction of sp³-hybridized carbons (Fsp3) is 0.190. The van der Waals surface area contributed by atoms with Crippen LogP contribution in [0.15, 0.2) is 60.0 Å². The van der Waals surface area contributed by atoms with Gasteiger partial charge in [0.2, 0.25) is 0 Å². The summed E-state index contributed by atoms with van der Waals surface area (Å²) in [5.74, 6) is -0.673. The molecule has 6 nitrogen and oxygen atoms in total. The average Bonchev–Trinajstić information content (AvgIpc) is 3.23. The summed E-state index contributed by atoms with van der Waals surface area (Å²) in [5, 5.41) is 4.79. The van der Waals surface area contributed by atoms with Crippen molar-refractivity contribution in [3.63, 3.8) is 0 Å². The lowest BCUT2D eigenvalue weighted by Gasteiger charge is -2.35. The lowest BCUT2D eigenvalue weighted by Crippen LogP contribution is -2.48. The molecule has 4 rings (SSSR count). The number of nitrogens with zero attached hydrogens (tertiary/aromatic N) is 3. The number of carbonyl (C=O) groups is 2. The van der Waals surface area contributed by atoms with Crippen LogP contribution in [0.4, 0.5) is 15.2 Å². The summed E-state index contributed by atoms with van der Waals surface area (Å²) in [6.07, 6.45) is 0. The highest BCUT2D eigenvalue weighted by Crippen LogP contribution is 2.20. The Morgan fingerprint density at radius 2 is 1.66 bits per heavy atom. The second kappa shape index (κ2) is 8.40. The molecule has 29 heavy (non-hydrogen) atoms. The van der Waals surface area contributed by atoms with E-state index in [0.717, 1.165) is 5.69 Å². The fourth-order valence-electron chi connectivity index (χ4n) is 3.17. The fourth-order valence-corrected chi connectivity index (χ4v) is 3.85. The second-order valence-electron chi connectivity index (χ2n) is 6.61. The van der Waals surface area contributed by atoms with Gasteiger partial charge < -0.3 is 9.80 Å². The Kier molecular flexibility index (Phi) is 5.53. The van der Waals surface area contributed by atoms with Gasteiger partial charge in [-0.3, -0.25) is 14.9 Å². The monoisotopic (exact) mass is 410 g/mol. The van der Waals surface area contributed by atoms with E-state index in [1.807, 2.05) is 6.07 Å². The van der Waals surface area contributed by atoms with E-state index in [1.54, 1.807) is 46.7 Å². The van der Waals surface area contributed by atoms with E-state index in [2.05, 4.69) is 15.2 Å². The molecular formula is C21H19FN4O2S. The summed E-state index contributed by atoms with van der Waals surface area (Å²) in [6.45, 7) is 2.44. The Morgan fingerprint density at radius 1 is 0.966 bits per heavy atom. The van der Waals surface area contributed by atoms with Crippen LogP contribution in [-0.2, 0) is 0 Å². The lowest BCUT2D eigenvalue weighted by atomic mass is 10.2. The molecule has 0 aliphatic carbocycles. The molecule has 148 valence electrons. The first kappa shape index (κ1) is 19.1. The first-order valence-electron chi connectivity index (χ1n) is 9.22. The minimum absolute atomic E-state index is 0.153. The molecule has 1 aliphatic rings. The summed E-state index contributed by atoms with van der Waals surface area (Å²) in [4.78, 5) is 33.1. The van der Waals surface area contributed by atoms with Crippen LogP contribution >= 0.6 is 11.3 Å². The van der Waals surface area contributed by atoms with E-state index in [0.29, 0.717) is 42.6 Å². The Morgan fingerprint density at radius 3 is 2.34 bits per heavy atom. The Hall–Kier alpha value is -3.26. The number of nitrogens with one attached hydrogen (secondary N) is 1. The number of aromatic nitrogens is 1. The van der Waals surface area contributed by atoms with E-state index in [1.165, 1.54) is 23.5 Å². The van der Waals surface area contributed by atoms with Gasteiger partial charge in [-0.15, -0.1) is 11.3 Å². The number of piperazine rings is 1. The molecule has 2 heterocycles. The molecule has 0 spiro atoms. The third kappa shape index (κ3) is 4.43. The molecule has 0 saturated carbocycles. The second-order valence-corrected chi connectivity index (χ2v) is 7.47. The van der Waals surface area contributed by atoms with Crippen molar-refractivity contribution in [1.82, 2.24) is 9.88 Å². The van der Waals surface area contributed by atoms with Crippen molar-refractivity contribution in [2.24, 2.45) is 0 Å². The molecule has 0 radical (unpaired) electrons. The smallest absolute Gasteiger partial charge is 0.273 e. The third-order valence-electron chi connectivity index (χ3n) is 4.74. The SMILES string of the molecule is O=C(Nc1nc(C(=O)N2CCN(c3ccc(F)cc3)CC2)cs1)c1ccccc1. The zero-order valence-corrected chi connectivity index (χ0v) is 16.4. The van der Waals surface area contributed by atoms with Crippen molar-refractivity contribution in [1.29, 1.82) is 0 Å². The number of thiazole rings is 1. The van der Waals surface area contributed by atoms with Crippen LogP contribution in [0, 0.1) is 5.82 Å². The summed E-state index contributed by atoms with van der Waals surface area (Å²) in [7, 11) is 0. The number of anilines is 2. The first-order chi connectivity index (χ1) is 14.1. The van der Waals surface area contributed by atoms with Crippen LogP contribution in [0.5, 0.6) is 0 Å². The highest BCUT2D eigenvalue weighted by Gasteiger charge is 2.24. The first-order valence-corrected chi connectivity index (χ1v) is 10.1. The van der Waals surface area contributed by atoms with Crippen LogP contribution in [0.1, 0.15) is 20.8 Å². The van der Waals surface area contributed by atoms with Crippen molar-refractivity contribution in [2.45, 2.75) is 0 Å². The van der Waals surface area contributed by atoms with Gasteiger partial charge in [-0.2, -0.15) is 0 Å². The summed E-state index contributed by atoms with van der Waals surface area (Å²) >= 11 is 1.23. The Balaban J connectivity index is 1.35. The predicted octanol–water partition coefficient (Wildman–Crippen LogP) is 3.50. The van der Waals surface area contributed by atoms with E-state index < -0.39 is 0 Å². The average molecular weight is 410 g/mol. The van der Waals surface area contributed by atoms with Crippen molar-refractivity contribution < 1.29 is 14.0 Å². The summed E-state index contributed by atoms with van der Waals surface area (Å²) in [6, 6.07) is 15.2. The zero-order chi connectivity index (χ0) is 20.2. The largest absolute Gasteiger partial charge is 0.368 e. The Bertz CT molecular complexity index is 999. The molecule has 2 amide bonds. The van der Waals surface area contributed by atoms with Crippen LogP contribution in [-0.4, -0.2) is 47.9 Å². The molecular weight excluding hydrogens is 391 g/mol. The number of benzene rings is 2. The van der Waals surface area contributed by atoms with Crippen LogP contribution in [0.2, 0.25) is 0 Å². The number of rotatable bonds is 4. The number of hydrogen-bond acceptors (Lipinski definition) is 5. The van der Waals surface area contributed by atoms with E-state index in [4.69, 9.17) is 0 Å². The molecule has 1 aromatic heterocycles. The van der Waals surface area contributed by atoms with Gasteiger partial charge in [0.1, 0.15) is 11.5 Å². The van der Waals surface area contributed by atoms with Gasteiger partial charge >= 0.3 is 0 Å². The van der Waals surface area contributed by atoms with Crippen molar-refractivity contribution in [2.75, 3.05) is 36.4 Å². The van der Waals surface area contributed by atoms with Crippen molar-refractivity contribution >= 4 is 34.0 Å². The third-order valence-corrected chi connectivity index (χ3v) is 5.50. The Labute approximate surface area is 171 Å². The maximum Gasteiger partial charge on any atom is 0.273 e. The molecule has 3 aromatic rings. The zero-order valence-electron chi connectivity index (χ0n) is 15.5. The number of halogens is 1. The quantitative estimate of drug-likeness (QED) is 0.715. The predicted molar refractivity (Wildman–Crippen MR) is 111 cm³/mol. The van der Waals surface area contributed by atoms with Gasteiger partial charge in [0.05, 0.1) is 0 Å². The lowest BCUT2D eigenvalue weighted by molar-refractivity contribution is 0.0741. The van der Waals surface area contributed by atoms with Crippen LogP contribution in [0.3, 0.4) is 0 Å². The minimum atomic E-state index is -0.263. The molecule has 0 bridgehead atoms. The molecule has 0 unspecified atom stereocenters. The standard InChI is InChI=1S/C21H19FN4O2S/c22-16-6-8-17(9-7-16)25-10-12-26(13-11-25)20(28)18-14-29-21(23-18)24-19(27)15-4-2-1-3-5-15/h1-9,14H,10-13H2,(H,23,24,27). The molecule has 2 aromatic carbocycles. The summed E-state index contributed by atoms with van der Waals surface area (Å²) < 4.78 is 13.1. The molecule has 0 atom stereocenters. The maximum absolute atomic E-state index is 13.1. The van der Waals surface area contributed by atoms with E-state index in [-0.39, 0.29) is 17.6 Å². The highest BCUT2D eigenvalue weighted by molar-refractivity contribution is 7.14. The van der Waals surface area contributed by atoms with Gasteiger partial charge in [-0.25, -0.2) is 9.37 Å². The topological polar surface area (TPSA) is 65.5 Å². The summed E-state index contributed by atoms with van der Waals surface area (Å²) in [5.41, 5.74) is 1.80. The van der Waals surface area contributed by atoms with Gasteiger partial charge in [0, 0.05) is 42.8 Å². The van der Waals surface area contributed by atoms with Gasteiger partial charge in [0.15, 0.2) is 5.13 Å². The van der Waals surface area contributed by atoms with Crippen molar-refractivity contribution in [3.05, 3.63) is 77.1 Å². The number of amides is 2. The number of carbonyl (C=O) groups excluding carboxylic acids is 2. The number of hydrogen-bond donors (Lipinski definition) is 1. The van der Waals surface area contributed by atoms with E-state index >= 15 is 0 Å². The molecule has 8 heteroatoms. The molecule has 1 N–H and O–H groups in total. The van der Waals surface area contributed by atoms with Crippen molar-refractivity contribution in [3.8, 4) is 0 Å². The van der Waals surface area contributed by atoms with Gasteiger partial charge in [-0.05, 0) is 36.4 Å². The normalized spacial score (nSPS) is 14.0. The van der Waals surface area contributed by atoms with Crippen LogP contribution in [0.25, 0.3) is 0 Å². The molecule has 1 fully saturated rings. The molecule has 1 saturated heterocycles. The van der Waals surface area contributed by atoms with Crippen LogP contribution < -0.4 is 10.2 Å². The molecule has 1 aliphatic heterocycles. The maximum atomic E-state index is 13.1. The minimum Gasteiger partial charge on any atom is -0.368 e. The van der Waals surface area contributed by atoms with E-state index in [9.17, 15) is 14.0 Å². The van der Waals surface area contributed by atoms with Gasteiger partial charge in [0.25, 0.3) is 11.8 Å². The van der Waals surface area contributed by atoms with Gasteiger partial charge in [-0.1, -0.05) is 18.2 Å².